The Hall–Kier alpha value is 0.860. The summed E-state index contributed by atoms with van der Waals surface area (Å²) in [6, 6.07) is 0. The molecule has 96 valence electrons. The molecule has 0 aliphatic heterocycles. The van der Waals surface area contributed by atoms with E-state index in [1.54, 1.807) is 0 Å². The molecular weight excluding hydrogens is 206 g/mol. The normalized spacial score (nSPS) is 4.29. The predicted molar refractivity (Wildman–Crippen MR) is 85.9 cm³/mol. The molecule has 2 unspecified atom stereocenters. The molecule has 0 rings (SSSR count). The monoisotopic (exact) mass is 244 g/mol. The van der Waals surface area contributed by atoms with Gasteiger partial charge in [-0.25, -0.2) is 0 Å². The van der Waals surface area contributed by atoms with Gasteiger partial charge < -0.3 is 0 Å². The first-order chi connectivity index (χ1) is 6.83. The van der Waals surface area contributed by atoms with Gasteiger partial charge in [-0.2, -0.15) is 0 Å². The van der Waals surface area contributed by atoms with Gasteiger partial charge in [0.05, 0.1) is 0 Å². The van der Waals surface area contributed by atoms with Crippen LogP contribution in [0.4, 0.5) is 0 Å². The van der Waals surface area contributed by atoms with Gasteiger partial charge in [0.2, 0.25) is 0 Å². The van der Waals surface area contributed by atoms with Crippen LogP contribution >= 0.6 is 18.5 Å². The van der Waals surface area contributed by atoms with Crippen LogP contribution in [0.3, 0.4) is 0 Å². The molecule has 0 N–H and O–H groups in total. The maximum atomic E-state index is 2.42. The first-order valence-electron chi connectivity index (χ1n) is 5.98. The summed E-state index contributed by atoms with van der Waals surface area (Å²) in [7, 11) is 4.83. The average Bonchev–Trinajstić information content (AvgIpc) is 2.31. The van der Waals surface area contributed by atoms with Gasteiger partial charge in [-0.3, -0.25) is 0 Å². The molecule has 0 aromatic rings. The van der Waals surface area contributed by atoms with E-state index in [2.05, 4.69) is 46.2 Å². The molecule has 0 fully saturated rings. The van der Waals surface area contributed by atoms with Crippen molar-refractivity contribution in [2.45, 2.75) is 68.2 Å². The van der Waals surface area contributed by atoms with Gasteiger partial charge in [0.1, 0.15) is 0 Å². The van der Waals surface area contributed by atoms with Gasteiger partial charge in [0, 0.05) is 0 Å². The van der Waals surface area contributed by atoms with Crippen molar-refractivity contribution < 1.29 is 0 Å². The summed E-state index contributed by atoms with van der Waals surface area (Å²) in [6.45, 7) is 20.3. The fourth-order valence-electron chi connectivity index (χ4n) is 0. The molecule has 0 amide bonds. The molecule has 0 nitrogen and oxygen atoms in total. The van der Waals surface area contributed by atoms with Gasteiger partial charge in [-0.15, -0.1) is 18.5 Å². The summed E-state index contributed by atoms with van der Waals surface area (Å²) in [6.07, 6.45) is 2.50. The maximum absolute atomic E-state index is 2.42. The van der Waals surface area contributed by atoms with Crippen molar-refractivity contribution in [3.05, 3.63) is 0 Å². The van der Waals surface area contributed by atoms with Crippen LogP contribution in [0.5, 0.6) is 0 Å². The van der Waals surface area contributed by atoms with E-state index in [1.165, 1.54) is 12.8 Å². The maximum Gasteiger partial charge on any atom is -0.0500 e. The summed E-state index contributed by atoms with van der Waals surface area (Å²) in [5, 5.41) is 0. The van der Waals surface area contributed by atoms with Crippen molar-refractivity contribution in [3.63, 3.8) is 0 Å². The lowest BCUT2D eigenvalue weighted by Crippen LogP contribution is -1.27. The van der Waals surface area contributed by atoms with Crippen LogP contribution in [0, 0.1) is 0 Å². The van der Waals surface area contributed by atoms with E-state index in [-0.39, 0.29) is 0 Å². The van der Waals surface area contributed by atoms with E-state index >= 15 is 0 Å². The third-order valence-electron chi connectivity index (χ3n) is 0. The highest BCUT2D eigenvalue weighted by molar-refractivity contribution is 7.15. The second-order valence-electron chi connectivity index (χ2n) is 1.41. The van der Waals surface area contributed by atoms with Crippen LogP contribution in [-0.2, 0) is 0 Å². The molecule has 14 heavy (non-hydrogen) atoms. The minimum Gasteiger partial charge on any atom is -0.141 e. The van der Waals surface area contributed by atoms with Crippen LogP contribution < -0.4 is 0 Å². The van der Waals surface area contributed by atoms with E-state index in [0.717, 1.165) is 0 Å². The Labute approximate surface area is 100 Å². The van der Waals surface area contributed by atoms with Crippen LogP contribution in [0.1, 0.15) is 68.2 Å². The molecule has 0 saturated carbocycles. The third kappa shape index (κ3) is 2450. The number of hydrogen-bond acceptors (Lipinski definition) is 0. The second kappa shape index (κ2) is 280. The largest absolute Gasteiger partial charge is 0.141 e. The van der Waals surface area contributed by atoms with Crippen LogP contribution in [-0.4, -0.2) is 13.3 Å². The van der Waals surface area contributed by atoms with E-state index in [1.807, 2.05) is 41.0 Å². The highest BCUT2D eigenvalue weighted by atomic mass is 31.0. The summed E-state index contributed by atoms with van der Waals surface area (Å²) < 4.78 is 0. The zero-order chi connectivity index (χ0) is 13.4. The molecule has 0 radical (unpaired) electrons. The van der Waals surface area contributed by atoms with Crippen molar-refractivity contribution in [1.29, 1.82) is 0 Å². The molecule has 0 spiro atoms. The zero-order valence-corrected chi connectivity index (χ0v) is 14.9. The van der Waals surface area contributed by atoms with Crippen molar-refractivity contribution in [2.75, 3.05) is 13.3 Å². The SMILES string of the molecule is CC.CC.CCC.CCC.CP.CP. The van der Waals surface area contributed by atoms with Gasteiger partial charge in [0.25, 0.3) is 0 Å². The number of rotatable bonds is 0. The Kier molecular flexibility index (Phi) is 728. The summed E-state index contributed by atoms with van der Waals surface area (Å²) in [5.41, 5.74) is 0. The fraction of sp³-hybridized carbons (Fsp3) is 1.00. The highest BCUT2D eigenvalue weighted by Crippen LogP contribution is 1.56. The topological polar surface area (TPSA) is 0 Å². The quantitative estimate of drug-likeness (QED) is 0.468. The van der Waals surface area contributed by atoms with Crippen LogP contribution in [0.15, 0.2) is 0 Å². The van der Waals surface area contributed by atoms with E-state index in [0.29, 0.717) is 0 Å². The van der Waals surface area contributed by atoms with Crippen molar-refractivity contribution in [1.82, 2.24) is 0 Å². The lowest BCUT2D eigenvalue weighted by Gasteiger charge is -1.48. The Balaban J connectivity index is -0.0000000139. The Morgan fingerprint density at radius 2 is 0.500 bits per heavy atom. The molecule has 0 heterocycles. The van der Waals surface area contributed by atoms with Crippen molar-refractivity contribution >= 4 is 18.5 Å². The van der Waals surface area contributed by atoms with Crippen molar-refractivity contribution in [2.24, 2.45) is 0 Å². The highest BCUT2D eigenvalue weighted by Gasteiger charge is 1.36. The Morgan fingerprint density at radius 1 is 0.500 bits per heavy atom. The molecule has 0 aromatic heterocycles. The lowest BCUT2D eigenvalue weighted by atomic mass is 10.6. The van der Waals surface area contributed by atoms with E-state index < -0.39 is 0 Å². The third-order valence-corrected chi connectivity index (χ3v) is 0. The molecule has 0 aliphatic rings. The summed E-state index contributed by atoms with van der Waals surface area (Å²) in [5.74, 6) is 0. The Bertz CT molecular complexity index is 10.3. The van der Waals surface area contributed by atoms with Crippen LogP contribution in [0.2, 0.25) is 0 Å². The molecule has 2 heteroatoms. The predicted octanol–water partition coefficient (Wildman–Crippen LogP) is 5.87. The zero-order valence-electron chi connectivity index (χ0n) is 12.6. The lowest BCUT2D eigenvalue weighted by molar-refractivity contribution is 1.09. The van der Waals surface area contributed by atoms with Gasteiger partial charge >= 0.3 is 0 Å². The fourth-order valence-corrected chi connectivity index (χ4v) is 0. The molecule has 0 aromatic carbocycles. The second-order valence-corrected chi connectivity index (χ2v) is 1.41. The minimum atomic E-state index is 1.25. The molecule has 0 bridgehead atoms. The Morgan fingerprint density at radius 3 is 0.500 bits per heavy atom. The minimum absolute atomic E-state index is 1.25. The van der Waals surface area contributed by atoms with Gasteiger partial charge in [-0.1, -0.05) is 81.6 Å². The molecular formula is C12H38P2. The summed E-state index contributed by atoms with van der Waals surface area (Å²) >= 11 is 0. The van der Waals surface area contributed by atoms with E-state index in [4.69, 9.17) is 0 Å². The molecule has 0 aliphatic carbocycles. The molecule has 0 saturated heterocycles. The first kappa shape index (κ1) is 36.4. The smallest absolute Gasteiger partial charge is 0.0500 e. The van der Waals surface area contributed by atoms with Crippen LogP contribution in [0.25, 0.3) is 0 Å². The van der Waals surface area contributed by atoms with Gasteiger partial charge in [-0.05, 0) is 0 Å². The standard InChI is InChI=1S/2C3H8.2C2H6.2CH5P/c2*1-3-2;4*1-2/h2*3H2,1-2H3;2*1-2H3;2*2H2,1H3. The van der Waals surface area contributed by atoms with Gasteiger partial charge in [0.15, 0.2) is 0 Å². The number of hydrogen-bond donors (Lipinski definition) is 0. The summed E-state index contributed by atoms with van der Waals surface area (Å²) in [4.78, 5) is 0. The first-order valence-corrected chi connectivity index (χ1v) is 8.29. The van der Waals surface area contributed by atoms with Crippen molar-refractivity contribution in [3.8, 4) is 0 Å². The average molecular weight is 244 g/mol. The van der Waals surface area contributed by atoms with E-state index in [9.17, 15) is 0 Å². The molecule has 2 atom stereocenters.